The van der Waals surface area contributed by atoms with Crippen LogP contribution in [0.15, 0.2) is 18.2 Å². The Morgan fingerprint density at radius 3 is 2.54 bits per heavy atom. The molecule has 0 aliphatic heterocycles. The van der Waals surface area contributed by atoms with Crippen LogP contribution >= 0.6 is 11.8 Å². The van der Waals surface area contributed by atoms with Crippen molar-refractivity contribution >= 4 is 29.3 Å². The summed E-state index contributed by atoms with van der Waals surface area (Å²) in [7, 11) is 2.97. The Morgan fingerprint density at radius 1 is 1.25 bits per heavy atom. The van der Waals surface area contributed by atoms with E-state index in [1.54, 1.807) is 36.9 Å². The number of amides is 2. The first kappa shape index (κ1) is 20.1. The van der Waals surface area contributed by atoms with E-state index >= 15 is 0 Å². The zero-order valence-electron chi connectivity index (χ0n) is 14.3. The molecule has 1 rings (SSSR count). The number of aliphatic hydroxyl groups is 1. The lowest BCUT2D eigenvalue weighted by atomic mass is 10.0. The standard InChI is InChI=1S/C16H24N2O5S/c1-16(21,7-8-24-4)10-17-14(19)15(20)18-12-6-5-11(22-2)9-13(12)23-3/h5-6,9,21H,7-8,10H2,1-4H3,(H,17,19)(H,18,20)/t16-/m1/s1. The van der Waals surface area contributed by atoms with Gasteiger partial charge in [-0.3, -0.25) is 9.59 Å². The van der Waals surface area contributed by atoms with Crippen LogP contribution in [-0.4, -0.2) is 55.3 Å². The fourth-order valence-corrected chi connectivity index (χ4v) is 2.49. The Bertz CT molecular complexity index is 578. The van der Waals surface area contributed by atoms with E-state index < -0.39 is 17.4 Å². The maximum Gasteiger partial charge on any atom is 0.313 e. The van der Waals surface area contributed by atoms with Crippen molar-refractivity contribution in [1.82, 2.24) is 5.32 Å². The predicted octanol–water partition coefficient (Wildman–Crippen LogP) is 1.26. The highest BCUT2D eigenvalue weighted by Crippen LogP contribution is 2.28. The van der Waals surface area contributed by atoms with Crippen LogP contribution in [0.3, 0.4) is 0 Å². The second kappa shape index (κ2) is 9.39. The van der Waals surface area contributed by atoms with Gasteiger partial charge in [0.15, 0.2) is 0 Å². The van der Waals surface area contributed by atoms with Crippen LogP contribution in [0, 0.1) is 0 Å². The van der Waals surface area contributed by atoms with Gasteiger partial charge in [0.2, 0.25) is 0 Å². The minimum absolute atomic E-state index is 0.000436. The molecule has 7 nitrogen and oxygen atoms in total. The number of rotatable bonds is 8. The summed E-state index contributed by atoms with van der Waals surface area (Å²) in [4.78, 5) is 23.9. The van der Waals surface area contributed by atoms with Crippen molar-refractivity contribution in [1.29, 1.82) is 0 Å². The van der Waals surface area contributed by atoms with Gasteiger partial charge in [-0.05, 0) is 37.5 Å². The van der Waals surface area contributed by atoms with Gasteiger partial charge in [-0.15, -0.1) is 0 Å². The van der Waals surface area contributed by atoms with Gasteiger partial charge in [0.1, 0.15) is 11.5 Å². The maximum absolute atomic E-state index is 12.0. The fraction of sp³-hybridized carbons (Fsp3) is 0.500. The molecule has 1 aromatic rings. The van der Waals surface area contributed by atoms with Gasteiger partial charge in [-0.25, -0.2) is 0 Å². The van der Waals surface area contributed by atoms with Gasteiger partial charge < -0.3 is 25.2 Å². The van der Waals surface area contributed by atoms with E-state index in [9.17, 15) is 14.7 Å². The summed E-state index contributed by atoms with van der Waals surface area (Å²) >= 11 is 1.60. The lowest BCUT2D eigenvalue weighted by molar-refractivity contribution is -0.136. The minimum Gasteiger partial charge on any atom is -0.497 e. The molecule has 0 heterocycles. The molecular formula is C16H24N2O5S. The van der Waals surface area contributed by atoms with Gasteiger partial charge in [-0.2, -0.15) is 11.8 Å². The van der Waals surface area contributed by atoms with Gasteiger partial charge in [0, 0.05) is 12.6 Å². The molecule has 0 bridgehead atoms. The normalized spacial score (nSPS) is 12.9. The van der Waals surface area contributed by atoms with Gasteiger partial charge in [-0.1, -0.05) is 0 Å². The first-order valence-corrected chi connectivity index (χ1v) is 8.75. The van der Waals surface area contributed by atoms with E-state index in [-0.39, 0.29) is 6.54 Å². The first-order chi connectivity index (χ1) is 11.3. The summed E-state index contributed by atoms with van der Waals surface area (Å²) in [6, 6.07) is 4.82. The van der Waals surface area contributed by atoms with Crippen LogP contribution in [0.5, 0.6) is 11.5 Å². The number of hydrogen-bond acceptors (Lipinski definition) is 6. The molecule has 3 N–H and O–H groups in total. The molecule has 2 amide bonds. The highest BCUT2D eigenvalue weighted by molar-refractivity contribution is 7.98. The monoisotopic (exact) mass is 356 g/mol. The molecule has 0 unspecified atom stereocenters. The van der Waals surface area contributed by atoms with E-state index in [1.165, 1.54) is 14.2 Å². The topological polar surface area (TPSA) is 96.9 Å². The van der Waals surface area contributed by atoms with Crippen LogP contribution in [-0.2, 0) is 9.59 Å². The first-order valence-electron chi connectivity index (χ1n) is 7.35. The quantitative estimate of drug-likeness (QED) is 0.607. The molecule has 1 aromatic carbocycles. The summed E-state index contributed by atoms with van der Waals surface area (Å²) in [5, 5.41) is 15.0. The van der Waals surface area contributed by atoms with Crippen LogP contribution in [0.4, 0.5) is 5.69 Å². The van der Waals surface area contributed by atoms with Crippen molar-refractivity contribution in [2.75, 3.05) is 38.1 Å². The van der Waals surface area contributed by atoms with Crippen molar-refractivity contribution in [3.8, 4) is 11.5 Å². The zero-order chi connectivity index (χ0) is 18.2. The molecule has 0 saturated carbocycles. The molecule has 24 heavy (non-hydrogen) atoms. The molecule has 8 heteroatoms. The lowest BCUT2D eigenvalue weighted by Gasteiger charge is -2.23. The van der Waals surface area contributed by atoms with E-state index in [2.05, 4.69) is 10.6 Å². The Hall–Kier alpha value is -1.93. The predicted molar refractivity (Wildman–Crippen MR) is 94.8 cm³/mol. The number of hydrogen-bond donors (Lipinski definition) is 3. The third kappa shape index (κ3) is 6.29. The van der Waals surface area contributed by atoms with Crippen molar-refractivity contribution in [2.45, 2.75) is 18.9 Å². The molecule has 0 spiro atoms. The second-order valence-corrected chi connectivity index (χ2v) is 6.43. The van der Waals surface area contributed by atoms with Crippen molar-refractivity contribution in [2.24, 2.45) is 0 Å². The number of anilines is 1. The number of benzene rings is 1. The summed E-state index contributed by atoms with van der Waals surface area (Å²) in [5.41, 5.74) is -0.705. The van der Waals surface area contributed by atoms with Crippen molar-refractivity contribution < 1.29 is 24.2 Å². The summed E-state index contributed by atoms with van der Waals surface area (Å²) in [6.07, 6.45) is 2.45. The molecule has 0 aliphatic carbocycles. The average molecular weight is 356 g/mol. The van der Waals surface area contributed by atoms with Crippen LogP contribution in [0.1, 0.15) is 13.3 Å². The molecule has 0 aromatic heterocycles. The van der Waals surface area contributed by atoms with E-state index in [0.717, 1.165) is 5.75 Å². The molecule has 134 valence electrons. The Morgan fingerprint density at radius 2 is 1.96 bits per heavy atom. The molecule has 0 aliphatic rings. The summed E-state index contributed by atoms with van der Waals surface area (Å²) < 4.78 is 10.2. The van der Waals surface area contributed by atoms with Crippen molar-refractivity contribution in [3.63, 3.8) is 0 Å². The van der Waals surface area contributed by atoms with Crippen LogP contribution < -0.4 is 20.1 Å². The SMILES string of the molecule is COc1ccc(NC(=O)C(=O)NC[C@](C)(O)CCSC)c(OC)c1. The highest BCUT2D eigenvalue weighted by atomic mass is 32.2. The molecule has 0 radical (unpaired) electrons. The largest absolute Gasteiger partial charge is 0.497 e. The highest BCUT2D eigenvalue weighted by Gasteiger charge is 2.23. The second-order valence-electron chi connectivity index (χ2n) is 5.44. The third-order valence-electron chi connectivity index (χ3n) is 3.34. The Kier molecular flexibility index (Phi) is 7.87. The maximum atomic E-state index is 12.0. The smallest absolute Gasteiger partial charge is 0.313 e. The number of methoxy groups -OCH3 is 2. The number of thioether (sulfide) groups is 1. The lowest BCUT2D eigenvalue weighted by Crippen LogP contribution is -2.44. The fourth-order valence-electron chi connectivity index (χ4n) is 1.84. The average Bonchev–Trinajstić information content (AvgIpc) is 2.58. The van der Waals surface area contributed by atoms with E-state index in [0.29, 0.717) is 23.6 Å². The number of carbonyl (C=O) groups is 2. The molecule has 1 atom stereocenters. The van der Waals surface area contributed by atoms with Gasteiger partial charge >= 0.3 is 11.8 Å². The summed E-state index contributed by atoms with van der Waals surface area (Å²) in [5.74, 6) is 0.0519. The van der Waals surface area contributed by atoms with E-state index in [4.69, 9.17) is 9.47 Å². The molecule has 0 fully saturated rings. The van der Waals surface area contributed by atoms with Gasteiger partial charge in [0.25, 0.3) is 0 Å². The zero-order valence-corrected chi connectivity index (χ0v) is 15.2. The minimum atomic E-state index is -1.06. The summed E-state index contributed by atoms with van der Waals surface area (Å²) in [6.45, 7) is 1.62. The number of ether oxygens (including phenoxy) is 2. The molecule has 0 saturated heterocycles. The number of nitrogens with one attached hydrogen (secondary N) is 2. The van der Waals surface area contributed by atoms with E-state index in [1.807, 2.05) is 6.26 Å². The van der Waals surface area contributed by atoms with Gasteiger partial charge in [0.05, 0.1) is 25.5 Å². The molecular weight excluding hydrogens is 332 g/mol. The van der Waals surface area contributed by atoms with Crippen molar-refractivity contribution in [3.05, 3.63) is 18.2 Å². The number of carbonyl (C=O) groups excluding carboxylic acids is 2. The van der Waals surface area contributed by atoms with Crippen LogP contribution in [0.25, 0.3) is 0 Å². The third-order valence-corrected chi connectivity index (χ3v) is 3.95. The Labute approximate surface area is 146 Å². The van der Waals surface area contributed by atoms with Crippen LogP contribution in [0.2, 0.25) is 0 Å². The Balaban J connectivity index is 2.63.